The van der Waals surface area contributed by atoms with E-state index in [-0.39, 0.29) is 11.2 Å². The minimum atomic E-state index is -0.141. The number of benzene rings is 2. The zero-order valence-corrected chi connectivity index (χ0v) is 10.2. The number of hydrogen-bond donors (Lipinski definition) is 0. The van der Waals surface area contributed by atoms with Crippen LogP contribution in [-0.2, 0) is 11.8 Å². The maximum atomic E-state index is 14.2. The van der Waals surface area contributed by atoms with Crippen LogP contribution in [-0.4, -0.2) is 6.61 Å². The van der Waals surface area contributed by atoms with E-state index in [9.17, 15) is 4.39 Å². The Balaban J connectivity index is 2.14. The van der Waals surface area contributed by atoms with E-state index in [0.29, 0.717) is 6.61 Å². The van der Waals surface area contributed by atoms with Crippen LogP contribution in [0.25, 0.3) is 11.1 Å². The first-order valence-electron chi connectivity index (χ1n) is 6.23. The van der Waals surface area contributed by atoms with Crippen molar-refractivity contribution in [3.05, 3.63) is 53.3 Å². The van der Waals surface area contributed by atoms with Gasteiger partial charge in [-0.3, -0.25) is 0 Å². The molecular formula is C16H13FO. The van der Waals surface area contributed by atoms with E-state index in [0.717, 1.165) is 28.9 Å². The monoisotopic (exact) mass is 240 g/mol. The molecule has 1 aliphatic carbocycles. The molecule has 0 saturated carbocycles. The Kier molecular flexibility index (Phi) is 1.76. The molecule has 2 aromatic carbocycles. The van der Waals surface area contributed by atoms with Gasteiger partial charge in [0.15, 0.2) is 0 Å². The Morgan fingerprint density at radius 3 is 2.89 bits per heavy atom. The molecule has 1 nitrogen and oxygen atoms in total. The van der Waals surface area contributed by atoms with Crippen LogP contribution < -0.4 is 4.74 Å². The van der Waals surface area contributed by atoms with E-state index in [1.165, 1.54) is 11.6 Å². The number of fused-ring (bicyclic) bond motifs is 2. The highest BCUT2D eigenvalue weighted by atomic mass is 19.1. The van der Waals surface area contributed by atoms with E-state index < -0.39 is 0 Å². The normalized spacial score (nSPS) is 23.2. The maximum Gasteiger partial charge on any atom is 0.131 e. The first-order chi connectivity index (χ1) is 8.69. The molecular weight excluding hydrogens is 227 g/mol. The molecule has 0 radical (unpaired) electrons. The maximum absolute atomic E-state index is 14.2. The highest BCUT2D eigenvalue weighted by Gasteiger charge is 2.43. The molecule has 0 aromatic heterocycles. The van der Waals surface area contributed by atoms with Gasteiger partial charge in [-0.15, -0.1) is 0 Å². The predicted octanol–water partition coefficient (Wildman–Crippen LogP) is 3.70. The van der Waals surface area contributed by atoms with E-state index in [2.05, 4.69) is 13.0 Å². The summed E-state index contributed by atoms with van der Waals surface area (Å²) in [5.74, 6) is 0.709. The van der Waals surface area contributed by atoms with Crippen LogP contribution in [0.1, 0.15) is 18.1 Å². The summed E-state index contributed by atoms with van der Waals surface area (Å²) in [4.78, 5) is 0. The number of halogens is 1. The summed E-state index contributed by atoms with van der Waals surface area (Å²) in [5.41, 5.74) is 3.96. The molecule has 0 amide bonds. The molecule has 0 spiro atoms. The van der Waals surface area contributed by atoms with Gasteiger partial charge in [-0.25, -0.2) is 4.39 Å². The van der Waals surface area contributed by atoms with Crippen molar-refractivity contribution in [3.63, 3.8) is 0 Å². The Morgan fingerprint density at radius 2 is 2.00 bits per heavy atom. The van der Waals surface area contributed by atoms with Gasteiger partial charge in [0, 0.05) is 16.5 Å². The highest BCUT2D eigenvalue weighted by molar-refractivity contribution is 5.78. The second-order valence-electron chi connectivity index (χ2n) is 5.48. The van der Waals surface area contributed by atoms with E-state index in [4.69, 9.17) is 4.74 Å². The average Bonchev–Trinajstić information content (AvgIpc) is 2.70. The minimum absolute atomic E-state index is 0.0822. The second-order valence-corrected chi connectivity index (χ2v) is 5.48. The first-order valence-corrected chi connectivity index (χ1v) is 6.23. The van der Waals surface area contributed by atoms with Gasteiger partial charge >= 0.3 is 0 Å². The van der Waals surface area contributed by atoms with Crippen LogP contribution >= 0.6 is 0 Å². The molecule has 0 N–H and O–H groups in total. The standard InChI is InChI=1S/C16H13FO/c1-16-8-10-4-2-3-5-11(10)14-12(17)6-7-13(15(14)16)18-9-16/h2-7H,8-9H2,1H3. The minimum Gasteiger partial charge on any atom is -0.492 e. The molecule has 0 fully saturated rings. The van der Waals surface area contributed by atoms with Gasteiger partial charge in [-0.05, 0) is 29.7 Å². The molecule has 90 valence electrons. The Labute approximate surface area is 105 Å². The lowest BCUT2D eigenvalue weighted by molar-refractivity contribution is 0.276. The van der Waals surface area contributed by atoms with Crippen molar-refractivity contribution in [2.75, 3.05) is 6.61 Å². The van der Waals surface area contributed by atoms with Crippen molar-refractivity contribution >= 4 is 0 Å². The number of rotatable bonds is 0. The predicted molar refractivity (Wildman–Crippen MR) is 68.4 cm³/mol. The summed E-state index contributed by atoms with van der Waals surface area (Å²) in [6.07, 6.45) is 0.923. The van der Waals surface area contributed by atoms with E-state index >= 15 is 0 Å². The summed E-state index contributed by atoms with van der Waals surface area (Å²) in [6, 6.07) is 11.4. The molecule has 1 unspecified atom stereocenters. The summed E-state index contributed by atoms with van der Waals surface area (Å²) >= 11 is 0. The summed E-state index contributed by atoms with van der Waals surface area (Å²) in [6.45, 7) is 2.81. The second kappa shape index (κ2) is 3.14. The van der Waals surface area contributed by atoms with Gasteiger partial charge in [0.1, 0.15) is 11.6 Å². The number of hydrogen-bond acceptors (Lipinski definition) is 1. The fourth-order valence-electron chi connectivity index (χ4n) is 3.33. The fraction of sp³-hybridized carbons (Fsp3) is 0.250. The zero-order chi connectivity index (χ0) is 12.3. The lowest BCUT2D eigenvalue weighted by Crippen LogP contribution is -2.30. The third-order valence-electron chi connectivity index (χ3n) is 4.13. The lowest BCUT2D eigenvalue weighted by atomic mass is 9.70. The van der Waals surface area contributed by atoms with Crippen LogP contribution in [0.2, 0.25) is 0 Å². The molecule has 0 saturated heterocycles. The molecule has 2 heteroatoms. The molecule has 0 bridgehead atoms. The molecule has 2 aliphatic rings. The first kappa shape index (κ1) is 10.1. The lowest BCUT2D eigenvalue weighted by Gasteiger charge is -2.31. The van der Waals surface area contributed by atoms with Crippen molar-refractivity contribution in [2.24, 2.45) is 0 Å². The van der Waals surface area contributed by atoms with Gasteiger partial charge < -0.3 is 4.74 Å². The quantitative estimate of drug-likeness (QED) is 0.682. The molecule has 4 rings (SSSR count). The SMILES string of the molecule is CC12COc3ccc(F)c(c31)-c1ccccc1C2. The van der Waals surface area contributed by atoms with Gasteiger partial charge in [0.25, 0.3) is 0 Å². The number of ether oxygens (including phenoxy) is 1. The van der Waals surface area contributed by atoms with Crippen molar-refractivity contribution in [1.82, 2.24) is 0 Å². The highest BCUT2D eigenvalue weighted by Crippen LogP contribution is 2.51. The Bertz CT molecular complexity index is 662. The summed E-state index contributed by atoms with van der Waals surface area (Å²) in [7, 11) is 0. The van der Waals surface area contributed by atoms with E-state index in [1.54, 1.807) is 6.07 Å². The fourth-order valence-corrected chi connectivity index (χ4v) is 3.33. The van der Waals surface area contributed by atoms with Crippen molar-refractivity contribution in [1.29, 1.82) is 0 Å². The van der Waals surface area contributed by atoms with Crippen LogP contribution in [0.15, 0.2) is 36.4 Å². The largest absolute Gasteiger partial charge is 0.492 e. The summed E-state index contributed by atoms with van der Waals surface area (Å²) in [5, 5.41) is 0. The molecule has 1 atom stereocenters. The zero-order valence-electron chi connectivity index (χ0n) is 10.2. The van der Waals surface area contributed by atoms with Crippen molar-refractivity contribution in [2.45, 2.75) is 18.8 Å². The van der Waals surface area contributed by atoms with Gasteiger partial charge in [0.2, 0.25) is 0 Å². The smallest absolute Gasteiger partial charge is 0.131 e. The van der Waals surface area contributed by atoms with E-state index in [1.807, 2.05) is 18.2 Å². The van der Waals surface area contributed by atoms with Crippen LogP contribution in [0.5, 0.6) is 5.75 Å². The van der Waals surface area contributed by atoms with Crippen molar-refractivity contribution in [3.8, 4) is 16.9 Å². The molecule has 1 aliphatic heterocycles. The Morgan fingerprint density at radius 1 is 1.17 bits per heavy atom. The van der Waals surface area contributed by atoms with Crippen LogP contribution in [0.4, 0.5) is 4.39 Å². The topological polar surface area (TPSA) is 9.23 Å². The van der Waals surface area contributed by atoms with Gasteiger partial charge in [-0.1, -0.05) is 31.2 Å². The summed E-state index contributed by atoms with van der Waals surface area (Å²) < 4.78 is 20.0. The van der Waals surface area contributed by atoms with Crippen LogP contribution in [0.3, 0.4) is 0 Å². The third-order valence-corrected chi connectivity index (χ3v) is 4.13. The van der Waals surface area contributed by atoms with Gasteiger partial charge in [0.05, 0.1) is 6.61 Å². The van der Waals surface area contributed by atoms with Crippen LogP contribution in [0, 0.1) is 5.82 Å². The average molecular weight is 240 g/mol. The molecule has 1 heterocycles. The molecule has 2 aromatic rings. The molecule has 18 heavy (non-hydrogen) atoms. The third kappa shape index (κ3) is 1.10. The van der Waals surface area contributed by atoms with Gasteiger partial charge in [-0.2, -0.15) is 0 Å². The Hall–Kier alpha value is -1.83. The van der Waals surface area contributed by atoms with Crippen molar-refractivity contribution < 1.29 is 9.13 Å².